The molecule has 1 N–H and O–H groups in total. The summed E-state index contributed by atoms with van der Waals surface area (Å²) in [6.07, 6.45) is 0. The molecule has 4 aromatic rings. The van der Waals surface area contributed by atoms with Gasteiger partial charge >= 0.3 is 0 Å². The lowest BCUT2D eigenvalue weighted by atomic mass is 10.1. The second-order valence-corrected chi connectivity index (χ2v) is 7.30. The van der Waals surface area contributed by atoms with E-state index in [1.54, 1.807) is 48.9 Å². The molecule has 0 bridgehead atoms. The molecule has 0 atom stereocenters. The van der Waals surface area contributed by atoms with E-state index in [0.717, 1.165) is 5.56 Å². The van der Waals surface area contributed by atoms with E-state index in [1.165, 1.54) is 0 Å². The number of carbonyl (C=O) groups excluding carboxylic acids is 1. The fourth-order valence-electron chi connectivity index (χ4n) is 3.54. The van der Waals surface area contributed by atoms with Crippen LogP contribution < -0.4 is 20.3 Å². The third kappa shape index (κ3) is 4.18. The molecule has 1 amide bonds. The minimum atomic E-state index is -0.299. The maximum absolute atomic E-state index is 13.0. The molecule has 1 aromatic heterocycles. The second kappa shape index (κ2) is 8.93. The van der Waals surface area contributed by atoms with E-state index in [1.807, 2.05) is 43.3 Å². The first kappa shape index (κ1) is 21.1. The van der Waals surface area contributed by atoms with Crippen LogP contribution in [0.1, 0.15) is 11.4 Å². The van der Waals surface area contributed by atoms with Crippen molar-refractivity contribution in [2.24, 2.45) is 0 Å². The van der Waals surface area contributed by atoms with E-state index in [-0.39, 0.29) is 18.1 Å². The van der Waals surface area contributed by atoms with Gasteiger partial charge in [0.1, 0.15) is 5.82 Å². The maximum atomic E-state index is 13.0. The fourth-order valence-corrected chi connectivity index (χ4v) is 3.54. The number of rotatable bonds is 6. The molecule has 1 heterocycles. The Hall–Kier alpha value is -4.13. The highest BCUT2D eigenvalue weighted by Crippen LogP contribution is 2.26. The largest absolute Gasteiger partial charge is 0.493 e. The molecule has 0 saturated heterocycles. The standard InChI is InChI=1S/C25H23N3O4/c1-16-14-18(28-17(2)26-21-9-5-4-8-19(21)25(28)30)12-13-20(16)27-24(29)15-32-23-11-7-6-10-22(23)31-3/h4-14H,15H2,1-3H3,(H,27,29). The van der Waals surface area contributed by atoms with Crippen LogP contribution in [-0.2, 0) is 4.79 Å². The summed E-state index contributed by atoms with van der Waals surface area (Å²) in [6, 6.07) is 19.8. The van der Waals surface area contributed by atoms with E-state index in [9.17, 15) is 9.59 Å². The van der Waals surface area contributed by atoms with Crippen LogP contribution >= 0.6 is 0 Å². The fraction of sp³-hybridized carbons (Fsp3) is 0.160. The summed E-state index contributed by atoms with van der Waals surface area (Å²) >= 11 is 0. The van der Waals surface area contributed by atoms with Crippen molar-refractivity contribution in [2.75, 3.05) is 19.0 Å². The van der Waals surface area contributed by atoms with Crippen molar-refractivity contribution in [3.05, 3.63) is 88.5 Å². The minimum absolute atomic E-state index is 0.130. The zero-order chi connectivity index (χ0) is 22.7. The van der Waals surface area contributed by atoms with Gasteiger partial charge < -0.3 is 14.8 Å². The van der Waals surface area contributed by atoms with Gasteiger partial charge in [-0.1, -0.05) is 24.3 Å². The number of fused-ring (bicyclic) bond motifs is 1. The summed E-state index contributed by atoms with van der Waals surface area (Å²) in [5.74, 6) is 1.35. The number of benzene rings is 3. The minimum Gasteiger partial charge on any atom is -0.493 e. The molecule has 4 rings (SSSR count). The molecule has 3 aromatic carbocycles. The number of nitrogens with zero attached hydrogens (tertiary/aromatic N) is 2. The van der Waals surface area contributed by atoms with E-state index in [4.69, 9.17) is 9.47 Å². The van der Waals surface area contributed by atoms with Crippen LogP contribution in [0.15, 0.2) is 71.5 Å². The first-order valence-corrected chi connectivity index (χ1v) is 10.1. The van der Waals surface area contributed by atoms with Crippen LogP contribution in [0.25, 0.3) is 16.6 Å². The lowest BCUT2D eigenvalue weighted by Gasteiger charge is -2.14. The van der Waals surface area contributed by atoms with Crippen molar-refractivity contribution in [1.29, 1.82) is 0 Å². The Balaban J connectivity index is 1.53. The molecule has 7 heteroatoms. The normalized spacial score (nSPS) is 10.7. The molecule has 7 nitrogen and oxygen atoms in total. The second-order valence-electron chi connectivity index (χ2n) is 7.30. The molecule has 0 aliphatic rings. The average molecular weight is 429 g/mol. The van der Waals surface area contributed by atoms with Crippen molar-refractivity contribution in [1.82, 2.24) is 9.55 Å². The molecule has 0 saturated carbocycles. The third-order valence-electron chi connectivity index (χ3n) is 5.11. The van der Waals surface area contributed by atoms with Crippen molar-refractivity contribution < 1.29 is 14.3 Å². The van der Waals surface area contributed by atoms with Gasteiger partial charge in [0.15, 0.2) is 18.1 Å². The molecule has 0 unspecified atom stereocenters. The van der Waals surface area contributed by atoms with Crippen LogP contribution in [-0.4, -0.2) is 29.2 Å². The number of nitrogens with one attached hydrogen (secondary N) is 1. The van der Waals surface area contributed by atoms with Gasteiger partial charge in [-0.15, -0.1) is 0 Å². The monoisotopic (exact) mass is 429 g/mol. The first-order chi connectivity index (χ1) is 15.5. The van der Waals surface area contributed by atoms with Crippen molar-refractivity contribution in [2.45, 2.75) is 13.8 Å². The number of aryl methyl sites for hydroxylation is 2. The summed E-state index contributed by atoms with van der Waals surface area (Å²) in [5, 5.41) is 3.40. The molecule has 0 spiro atoms. The number of aromatic nitrogens is 2. The highest BCUT2D eigenvalue weighted by Gasteiger charge is 2.12. The number of carbonyl (C=O) groups is 1. The number of methoxy groups -OCH3 is 1. The zero-order valence-corrected chi connectivity index (χ0v) is 18.1. The van der Waals surface area contributed by atoms with E-state index >= 15 is 0 Å². The van der Waals surface area contributed by atoms with Crippen LogP contribution in [0.3, 0.4) is 0 Å². The van der Waals surface area contributed by atoms with Gasteiger partial charge in [0.05, 0.1) is 23.7 Å². The summed E-state index contributed by atoms with van der Waals surface area (Å²) in [7, 11) is 1.55. The summed E-state index contributed by atoms with van der Waals surface area (Å²) in [6.45, 7) is 3.51. The highest BCUT2D eigenvalue weighted by molar-refractivity contribution is 5.92. The van der Waals surface area contributed by atoms with Gasteiger partial charge in [-0.25, -0.2) is 4.98 Å². The highest BCUT2D eigenvalue weighted by atomic mass is 16.5. The van der Waals surface area contributed by atoms with Gasteiger partial charge in [0.2, 0.25) is 0 Å². The van der Waals surface area contributed by atoms with Gasteiger partial charge in [-0.2, -0.15) is 0 Å². The Kier molecular flexibility index (Phi) is 5.89. The number of hydrogen-bond donors (Lipinski definition) is 1. The Morgan fingerprint density at radius 3 is 2.47 bits per heavy atom. The van der Waals surface area contributed by atoms with E-state index in [2.05, 4.69) is 10.3 Å². The first-order valence-electron chi connectivity index (χ1n) is 10.1. The molecule has 0 aliphatic carbocycles. The van der Waals surface area contributed by atoms with Gasteiger partial charge in [0.25, 0.3) is 11.5 Å². The molecule has 0 fully saturated rings. The predicted octanol–water partition coefficient (Wildman–Crippen LogP) is 4.03. The number of ether oxygens (including phenoxy) is 2. The molecule has 0 radical (unpaired) electrons. The molecule has 162 valence electrons. The Labute approximate surface area is 185 Å². The molecule has 32 heavy (non-hydrogen) atoms. The van der Waals surface area contributed by atoms with Crippen molar-refractivity contribution in [3.8, 4) is 17.2 Å². The molecule has 0 aliphatic heterocycles. The Morgan fingerprint density at radius 1 is 1.00 bits per heavy atom. The van der Waals surface area contributed by atoms with Gasteiger partial charge in [-0.05, 0) is 61.9 Å². The number of para-hydroxylation sites is 3. The van der Waals surface area contributed by atoms with Crippen molar-refractivity contribution in [3.63, 3.8) is 0 Å². The SMILES string of the molecule is COc1ccccc1OCC(=O)Nc1ccc(-n2c(C)nc3ccccc3c2=O)cc1C. The number of anilines is 1. The number of hydrogen-bond acceptors (Lipinski definition) is 5. The van der Waals surface area contributed by atoms with Crippen LogP contribution in [0.5, 0.6) is 11.5 Å². The maximum Gasteiger partial charge on any atom is 0.265 e. The number of amides is 1. The average Bonchev–Trinajstić information content (AvgIpc) is 2.79. The van der Waals surface area contributed by atoms with E-state index < -0.39 is 0 Å². The summed E-state index contributed by atoms with van der Waals surface area (Å²) < 4.78 is 12.4. The lowest BCUT2D eigenvalue weighted by molar-refractivity contribution is -0.118. The summed E-state index contributed by atoms with van der Waals surface area (Å²) in [4.78, 5) is 30.0. The topological polar surface area (TPSA) is 82.4 Å². The van der Waals surface area contributed by atoms with Crippen LogP contribution in [0, 0.1) is 13.8 Å². The Morgan fingerprint density at radius 2 is 1.72 bits per heavy atom. The van der Waals surface area contributed by atoms with Crippen LogP contribution in [0.4, 0.5) is 5.69 Å². The quantitative estimate of drug-likeness (QED) is 0.500. The Bertz CT molecular complexity index is 1360. The predicted molar refractivity (Wildman–Crippen MR) is 124 cm³/mol. The van der Waals surface area contributed by atoms with Gasteiger partial charge in [-0.3, -0.25) is 14.2 Å². The molecular formula is C25H23N3O4. The molecular weight excluding hydrogens is 406 g/mol. The smallest absolute Gasteiger partial charge is 0.265 e. The third-order valence-corrected chi connectivity index (χ3v) is 5.11. The summed E-state index contributed by atoms with van der Waals surface area (Å²) in [5.41, 5.74) is 2.68. The lowest BCUT2D eigenvalue weighted by Crippen LogP contribution is -2.23. The zero-order valence-electron chi connectivity index (χ0n) is 18.1. The van der Waals surface area contributed by atoms with E-state index in [0.29, 0.717) is 39.6 Å². The van der Waals surface area contributed by atoms with Crippen LogP contribution in [0.2, 0.25) is 0 Å². The van der Waals surface area contributed by atoms with Crippen molar-refractivity contribution >= 4 is 22.5 Å². The van der Waals surface area contributed by atoms with Gasteiger partial charge in [0, 0.05) is 5.69 Å².